The first kappa shape index (κ1) is 13.9. The Morgan fingerprint density at radius 2 is 1.88 bits per heavy atom. The van der Waals surface area contributed by atoms with Gasteiger partial charge in [0.05, 0.1) is 0 Å². The highest BCUT2D eigenvalue weighted by Gasteiger charge is 2.33. The van der Waals surface area contributed by atoms with E-state index in [0.29, 0.717) is 12.3 Å². The minimum atomic E-state index is -0.692. The molecule has 0 aromatic rings. The van der Waals surface area contributed by atoms with E-state index in [1.165, 1.54) is 32.1 Å². The Morgan fingerprint density at radius 1 is 1.25 bits per heavy atom. The second kappa shape index (κ2) is 6.55. The van der Waals surface area contributed by atoms with Crippen molar-refractivity contribution < 1.29 is 19.9 Å². The summed E-state index contributed by atoms with van der Waals surface area (Å²) < 4.78 is 0. The van der Waals surface area contributed by atoms with E-state index in [-0.39, 0.29) is 5.60 Å². The monoisotopic (exact) mass is 232 g/mol. The van der Waals surface area contributed by atoms with Crippen LogP contribution in [0.3, 0.4) is 0 Å². The molecule has 0 radical (unpaired) electrons. The van der Waals surface area contributed by atoms with E-state index < -0.39 is 6.29 Å². The first-order valence-corrected chi connectivity index (χ1v) is 6.25. The lowest BCUT2D eigenvalue weighted by atomic mass is 9.79. The van der Waals surface area contributed by atoms with Gasteiger partial charge in [0.1, 0.15) is 5.60 Å². The summed E-state index contributed by atoms with van der Waals surface area (Å²) in [5.74, 6) is 0.525. The zero-order valence-electron chi connectivity index (χ0n) is 10.6. The first-order chi connectivity index (χ1) is 7.60. The van der Waals surface area contributed by atoms with Crippen LogP contribution in [0, 0.1) is 5.92 Å². The quantitative estimate of drug-likeness (QED) is 0.432. The van der Waals surface area contributed by atoms with Crippen molar-refractivity contribution in [3.05, 3.63) is 0 Å². The Labute approximate surface area is 97.7 Å². The summed E-state index contributed by atoms with van der Waals surface area (Å²) in [5.41, 5.74) is -0.313. The Kier molecular flexibility index (Phi) is 5.69. The SMILES string of the molecule is CCC(OO)OOC(C)(C)C1CCCCC1. The zero-order chi connectivity index (χ0) is 12.0. The van der Waals surface area contributed by atoms with Crippen LogP contribution in [-0.2, 0) is 14.7 Å². The van der Waals surface area contributed by atoms with E-state index in [9.17, 15) is 0 Å². The van der Waals surface area contributed by atoms with Crippen molar-refractivity contribution in [2.45, 2.75) is 71.2 Å². The molecule has 4 nitrogen and oxygen atoms in total. The largest absolute Gasteiger partial charge is 0.249 e. The molecule has 1 rings (SSSR count). The van der Waals surface area contributed by atoms with Crippen LogP contribution in [0.1, 0.15) is 59.3 Å². The average Bonchev–Trinajstić information content (AvgIpc) is 2.31. The molecule has 0 bridgehead atoms. The highest BCUT2D eigenvalue weighted by atomic mass is 17.3. The van der Waals surface area contributed by atoms with Crippen LogP contribution in [0.2, 0.25) is 0 Å². The van der Waals surface area contributed by atoms with E-state index in [2.05, 4.69) is 4.89 Å². The van der Waals surface area contributed by atoms with Crippen molar-refractivity contribution in [3.63, 3.8) is 0 Å². The molecule has 1 atom stereocenters. The lowest BCUT2D eigenvalue weighted by molar-refractivity contribution is -0.477. The van der Waals surface area contributed by atoms with Gasteiger partial charge in [0.15, 0.2) is 0 Å². The molecular weight excluding hydrogens is 208 g/mol. The molecule has 1 unspecified atom stereocenters. The molecule has 1 aliphatic carbocycles. The predicted molar refractivity (Wildman–Crippen MR) is 60.6 cm³/mol. The van der Waals surface area contributed by atoms with Crippen molar-refractivity contribution in [1.29, 1.82) is 0 Å². The van der Waals surface area contributed by atoms with Crippen LogP contribution >= 0.6 is 0 Å². The molecule has 1 saturated carbocycles. The summed E-state index contributed by atoms with van der Waals surface area (Å²) >= 11 is 0. The van der Waals surface area contributed by atoms with Gasteiger partial charge in [-0.25, -0.2) is 19.9 Å². The molecule has 0 aromatic carbocycles. The highest BCUT2D eigenvalue weighted by Crippen LogP contribution is 2.35. The normalized spacial score (nSPS) is 21.0. The molecule has 0 amide bonds. The fourth-order valence-corrected chi connectivity index (χ4v) is 2.20. The van der Waals surface area contributed by atoms with Crippen LogP contribution in [0.5, 0.6) is 0 Å². The van der Waals surface area contributed by atoms with Crippen molar-refractivity contribution in [1.82, 2.24) is 0 Å². The standard InChI is InChI=1S/C12H24O4/c1-4-11(14-13)15-16-12(2,3)10-8-6-5-7-9-10/h10-11,13H,4-9H2,1-3H3. The van der Waals surface area contributed by atoms with Gasteiger partial charge >= 0.3 is 0 Å². The summed E-state index contributed by atoms with van der Waals surface area (Å²) in [6.07, 6.45) is 6.10. The third kappa shape index (κ3) is 4.01. The molecule has 0 heterocycles. The van der Waals surface area contributed by atoms with Gasteiger partial charge in [-0.05, 0) is 32.6 Å². The summed E-state index contributed by atoms with van der Waals surface area (Å²) in [7, 11) is 0. The summed E-state index contributed by atoms with van der Waals surface area (Å²) in [6, 6.07) is 0. The minimum absolute atomic E-state index is 0.313. The lowest BCUT2D eigenvalue weighted by Gasteiger charge is -2.35. The highest BCUT2D eigenvalue weighted by molar-refractivity contribution is 4.80. The maximum absolute atomic E-state index is 8.53. The Morgan fingerprint density at radius 3 is 2.38 bits per heavy atom. The van der Waals surface area contributed by atoms with Crippen molar-refractivity contribution in [2.75, 3.05) is 0 Å². The van der Waals surface area contributed by atoms with Gasteiger partial charge < -0.3 is 0 Å². The summed E-state index contributed by atoms with van der Waals surface area (Å²) in [4.78, 5) is 14.6. The molecule has 0 aliphatic heterocycles. The topological polar surface area (TPSA) is 47.9 Å². The van der Waals surface area contributed by atoms with Gasteiger partial charge in [0, 0.05) is 6.42 Å². The molecule has 4 heteroatoms. The second-order valence-corrected chi connectivity index (χ2v) is 5.06. The molecule has 96 valence electrons. The Bertz CT molecular complexity index is 183. The fraction of sp³-hybridized carbons (Fsp3) is 1.00. The van der Waals surface area contributed by atoms with Gasteiger partial charge in [0.2, 0.25) is 6.29 Å². The van der Waals surface area contributed by atoms with E-state index in [1.54, 1.807) is 0 Å². The second-order valence-electron chi connectivity index (χ2n) is 5.06. The third-order valence-corrected chi connectivity index (χ3v) is 3.41. The number of hydrogen-bond acceptors (Lipinski definition) is 4. The molecule has 0 spiro atoms. The van der Waals surface area contributed by atoms with Crippen LogP contribution in [0.4, 0.5) is 0 Å². The van der Waals surface area contributed by atoms with Crippen molar-refractivity contribution >= 4 is 0 Å². The smallest absolute Gasteiger partial charge is 0.223 e. The average molecular weight is 232 g/mol. The molecular formula is C12H24O4. The zero-order valence-corrected chi connectivity index (χ0v) is 10.6. The number of hydrogen-bond donors (Lipinski definition) is 1. The first-order valence-electron chi connectivity index (χ1n) is 6.25. The van der Waals surface area contributed by atoms with Crippen LogP contribution in [-0.4, -0.2) is 17.1 Å². The summed E-state index contributed by atoms with van der Waals surface area (Å²) in [5, 5.41) is 8.53. The molecule has 0 saturated heterocycles. The predicted octanol–water partition coefficient (Wildman–Crippen LogP) is 3.52. The van der Waals surface area contributed by atoms with Gasteiger partial charge in [-0.3, -0.25) is 0 Å². The number of rotatable bonds is 6. The fourth-order valence-electron chi connectivity index (χ4n) is 2.20. The summed E-state index contributed by atoms with van der Waals surface area (Å²) in [6.45, 7) is 5.93. The Hall–Kier alpha value is -0.160. The third-order valence-electron chi connectivity index (χ3n) is 3.41. The van der Waals surface area contributed by atoms with Crippen LogP contribution in [0.25, 0.3) is 0 Å². The maximum atomic E-state index is 8.53. The Balaban J connectivity index is 2.37. The molecule has 1 aliphatic rings. The van der Waals surface area contributed by atoms with Gasteiger partial charge in [-0.1, -0.05) is 26.2 Å². The van der Waals surface area contributed by atoms with Crippen LogP contribution < -0.4 is 0 Å². The van der Waals surface area contributed by atoms with E-state index >= 15 is 0 Å². The lowest BCUT2D eigenvalue weighted by Crippen LogP contribution is -2.37. The van der Waals surface area contributed by atoms with Crippen LogP contribution in [0.15, 0.2) is 0 Å². The molecule has 1 N–H and O–H groups in total. The van der Waals surface area contributed by atoms with E-state index in [4.69, 9.17) is 15.0 Å². The maximum Gasteiger partial charge on any atom is 0.223 e. The minimum Gasteiger partial charge on any atom is -0.249 e. The van der Waals surface area contributed by atoms with E-state index in [1.807, 2.05) is 20.8 Å². The van der Waals surface area contributed by atoms with Gasteiger partial charge in [-0.15, -0.1) is 0 Å². The van der Waals surface area contributed by atoms with E-state index in [0.717, 1.165) is 0 Å². The van der Waals surface area contributed by atoms with Gasteiger partial charge in [-0.2, -0.15) is 0 Å². The molecule has 16 heavy (non-hydrogen) atoms. The van der Waals surface area contributed by atoms with Gasteiger partial charge in [0.25, 0.3) is 0 Å². The van der Waals surface area contributed by atoms with Crippen molar-refractivity contribution in [2.24, 2.45) is 5.92 Å². The molecule has 1 fully saturated rings. The molecule has 0 aromatic heterocycles. The van der Waals surface area contributed by atoms with Crippen molar-refractivity contribution in [3.8, 4) is 0 Å².